The van der Waals surface area contributed by atoms with Gasteiger partial charge >= 0.3 is 0 Å². The molecule has 1 N–H and O–H groups in total. The normalized spacial score (nSPS) is 26.7. The summed E-state index contributed by atoms with van der Waals surface area (Å²) in [5.41, 5.74) is 2.01. The Balaban J connectivity index is 2.09. The van der Waals surface area contributed by atoms with Crippen molar-refractivity contribution in [2.75, 3.05) is 7.05 Å². The highest BCUT2D eigenvalue weighted by Crippen LogP contribution is 2.31. The molecular formula is C16H22N2O. The molecule has 0 spiro atoms. The minimum absolute atomic E-state index is 0.127. The maximum Gasteiger partial charge on any atom is 0.120 e. The summed E-state index contributed by atoms with van der Waals surface area (Å²) in [7, 11) is 1.86. The lowest BCUT2D eigenvalue weighted by Crippen LogP contribution is -2.48. The zero-order valence-corrected chi connectivity index (χ0v) is 12.0. The van der Waals surface area contributed by atoms with Gasteiger partial charge in [0.15, 0.2) is 0 Å². The number of benzene rings is 1. The summed E-state index contributed by atoms with van der Waals surface area (Å²) in [4.78, 5) is 0. The van der Waals surface area contributed by atoms with Crippen molar-refractivity contribution in [2.24, 2.45) is 0 Å². The second-order valence-electron chi connectivity index (χ2n) is 5.60. The molecule has 3 heteroatoms. The molecule has 1 saturated carbocycles. The summed E-state index contributed by atoms with van der Waals surface area (Å²) < 4.78 is 6.08. The Hall–Kier alpha value is -1.53. The zero-order valence-electron chi connectivity index (χ0n) is 12.0. The first-order valence-corrected chi connectivity index (χ1v) is 6.92. The van der Waals surface area contributed by atoms with Gasteiger partial charge in [-0.3, -0.25) is 0 Å². The molecule has 102 valence electrons. The van der Waals surface area contributed by atoms with Crippen LogP contribution in [0.4, 0.5) is 0 Å². The summed E-state index contributed by atoms with van der Waals surface area (Å²) in [5, 5.41) is 12.5. The van der Waals surface area contributed by atoms with E-state index in [0.29, 0.717) is 0 Å². The first kappa shape index (κ1) is 13.9. The van der Waals surface area contributed by atoms with E-state index in [0.717, 1.165) is 31.4 Å². The van der Waals surface area contributed by atoms with Crippen molar-refractivity contribution >= 4 is 0 Å². The minimum Gasteiger partial charge on any atom is -0.490 e. The second kappa shape index (κ2) is 5.63. The number of nitrogens with zero attached hydrogens (tertiary/aromatic N) is 1. The van der Waals surface area contributed by atoms with E-state index >= 15 is 0 Å². The molecule has 0 heterocycles. The van der Waals surface area contributed by atoms with E-state index in [1.54, 1.807) is 0 Å². The number of hydrogen-bond donors (Lipinski definition) is 1. The lowest BCUT2D eigenvalue weighted by Gasteiger charge is -2.35. The van der Waals surface area contributed by atoms with E-state index in [1.807, 2.05) is 7.05 Å². The van der Waals surface area contributed by atoms with Gasteiger partial charge in [0.05, 0.1) is 6.07 Å². The van der Waals surface area contributed by atoms with Crippen molar-refractivity contribution in [1.29, 1.82) is 5.26 Å². The largest absolute Gasteiger partial charge is 0.490 e. The maximum absolute atomic E-state index is 9.35. The third kappa shape index (κ3) is 3.27. The van der Waals surface area contributed by atoms with Gasteiger partial charge in [0.25, 0.3) is 0 Å². The van der Waals surface area contributed by atoms with Gasteiger partial charge in [-0.15, -0.1) is 0 Å². The number of rotatable bonds is 3. The van der Waals surface area contributed by atoms with Crippen LogP contribution in [0.1, 0.15) is 36.8 Å². The number of nitriles is 1. The molecule has 0 amide bonds. The van der Waals surface area contributed by atoms with E-state index in [4.69, 9.17) is 4.74 Å². The topological polar surface area (TPSA) is 45.0 Å². The van der Waals surface area contributed by atoms with Gasteiger partial charge < -0.3 is 10.1 Å². The van der Waals surface area contributed by atoms with Gasteiger partial charge in [-0.1, -0.05) is 6.07 Å². The number of ether oxygens (including phenoxy) is 1. The number of nitrogens with one attached hydrogen (secondary N) is 1. The molecule has 1 aromatic carbocycles. The summed E-state index contributed by atoms with van der Waals surface area (Å²) in [6, 6.07) is 8.68. The molecule has 1 aliphatic rings. The molecule has 0 saturated heterocycles. The quantitative estimate of drug-likeness (QED) is 0.906. The van der Waals surface area contributed by atoms with Crippen LogP contribution in [0, 0.1) is 25.2 Å². The van der Waals surface area contributed by atoms with Crippen LogP contribution in [0.5, 0.6) is 5.75 Å². The van der Waals surface area contributed by atoms with Crippen LogP contribution in [0.15, 0.2) is 18.2 Å². The summed E-state index contributed by atoms with van der Waals surface area (Å²) >= 11 is 0. The lowest BCUT2D eigenvalue weighted by atomic mass is 9.81. The minimum atomic E-state index is -0.415. The Kier molecular flexibility index (Phi) is 4.11. The Morgan fingerprint density at radius 1 is 1.32 bits per heavy atom. The molecular weight excluding hydrogens is 236 g/mol. The van der Waals surface area contributed by atoms with E-state index in [2.05, 4.69) is 43.4 Å². The first-order valence-electron chi connectivity index (χ1n) is 6.92. The summed E-state index contributed by atoms with van der Waals surface area (Å²) in [6.07, 6.45) is 3.85. The Bertz CT molecular complexity index is 472. The number of aryl methyl sites for hydroxylation is 2. The second-order valence-corrected chi connectivity index (χ2v) is 5.60. The molecule has 2 atom stereocenters. The molecule has 2 rings (SSSR count). The molecule has 0 radical (unpaired) electrons. The fourth-order valence-electron chi connectivity index (χ4n) is 2.90. The van der Waals surface area contributed by atoms with Gasteiger partial charge in [-0.2, -0.15) is 5.26 Å². The first-order chi connectivity index (χ1) is 9.07. The average Bonchev–Trinajstić information content (AvgIpc) is 2.37. The highest BCUT2D eigenvalue weighted by molar-refractivity contribution is 5.33. The van der Waals surface area contributed by atoms with E-state index in [-0.39, 0.29) is 6.10 Å². The molecule has 1 fully saturated rings. The monoisotopic (exact) mass is 258 g/mol. The van der Waals surface area contributed by atoms with Crippen LogP contribution < -0.4 is 10.1 Å². The van der Waals surface area contributed by atoms with Crippen molar-refractivity contribution in [3.05, 3.63) is 29.3 Å². The number of hydrogen-bond acceptors (Lipinski definition) is 3. The summed E-state index contributed by atoms with van der Waals surface area (Å²) in [5.74, 6) is 0.923. The van der Waals surface area contributed by atoms with Crippen LogP contribution in [-0.4, -0.2) is 18.7 Å². The van der Waals surface area contributed by atoms with Gasteiger partial charge in [0.1, 0.15) is 17.4 Å². The predicted molar refractivity (Wildman–Crippen MR) is 76.2 cm³/mol. The molecule has 1 aromatic rings. The Morgan fingerprint density at radius 3 is 2.58 bits per heavy atom. The van der Waals surface area contributed by atoms with Crippen molar-refractivity contribution in [3.63, 3.8) is 0 Å². The maximum atomic E-state index is 9.35. The van der Waals surface area contributed by atoms with Crippen LogP contribution in [0.3, 0.4) is 0 Å². The third-order valence-electron chi connectivity index (χ3n) is 3.90. The molecule has 3 nitrogen and oxygen atoms in total. The molecule has 19 heavy (non-hydrogen) atoms. The third-order valence-corrected chi connectivity index (χ3v) is 3.90. The van der Waals surface area contributed by atoms with Crippen LogP contribution in [0.2, 0.25) is 0 Å². The van der Waals surface area contributed by atoms with Gasteiger partial charge in [0.2, 0.25) is 0 Å². The molecule has 2 unspecified atom stereocenters. The van der Waals surface area contributed by atoms with Crippen molar-refractivity contribution < 1.29 is 4.74 Å². The van der Waals surface area contributed by atoms with E-state index in [9.17, 15) is 5.26 Å². The highest BCUT2D eigenvalue weighted by atomic mass is 16.5. The smallest absolute Gasteiger partial charge is 0.120 e. The molecule has 0 aliphatic heterocycles. The Morgan fingerprint density at radius 2 is 2.00 bits per heavy atom. The van der Waals surface area contributed by atoms with Crippen LogP contribution in [0.25, 0.3) is 0 Å². The predicted octanol–water partition coefficient (Wildman–Crippen LogP) is 3.11. The standard InChI is InChI=1S/C16H22N2O/c1-12-7-13(2)9-15(8-12)19-14-5-4-6-16(10-14,11-17)18-3/h7-9,14,18H,4-6,10H2,1-3H3. The van der Waals surface area contributed by atoms with Gasteiger partial charge in [-0.05, 0) is 63.4 Å². The van der Waals surface area contributed by atoms with Crippen molar-refractivity contribution in [1.82, 2.24) is 5.32 Å². The lowest BCUT2D eigenvalue weighted by molar-refractivity contribution is 0.116. The Labute approximate surface area is 115 Å². The van der Waals surface area contributed by atoms with Crippen LogP contribution >= 0.6 is 0 Å². The highest BCUT2D eigenvalue weighted by Gasteiger charge is 2.36. The fraction of sp³-hybridized carbons (Fsp3) is 0.562. The van der Waals surface area contributed by atoms with E-state index in [1.165, 1.54) is 11.1 Å². The zero-order chi connectivity index (χ0) is 13.9. The molecule has 0 aromatic heterocycles. The average molecular weight is 258 g/mol. The SMILES string of the molecule is CNC1(C#N)CCCC(Oc2cc(C)cc(C)c2)C1. The van der Waals surface area contributed by atoms with Gasteiger partial charge in [-0.25, -0.2) is 0 Å². The summed E-state index contributed by atoms with van der Waals surface area (Å²) in [6.45, 7) is 4.15. The molecule has 0 bridgehead atoms. The van der Waals surface area contributed by atoms with E-state index < -0.39 is 5.54 Å². The van der Waals surface area contributed by atoms with Crippen molar-refractivity contribution in [3.8, 4) is 11.8 Å². The molecule has 1 aliphatic carbocycles. The van der Waals surface area contributed by atoms with Crippen LogP contribution in [-0.2, 0) is 0 Å². The van der Waals surface area contributed by atoms with Gasteiger partial charge in [0, 0.05) is 6.42 Å². The van der Waals surface area contributed by atoms with Crippen molar-refractivity contribution in [2.45, 2.75) is 51.2 Å². The fourth-order valence-corrected chi connectivity index (χ4v) is 2.90.